The van der Waals surface area contributed by atoms with Crippen LogP contribution in [0.5, 0.6) is 0 Å². The largest absolute Gasteiger partial charge is 0.389 e. The maximum Gasteiger partial charge on any atom is 0.258 e. The van der Waals surface area contributed by atoms with Crippen LogP contribution in [0.4, 0.5) is 0 Å². The summed E-state index contributed by atoms with van der Waals surface area (Å²) in [4.78, 5) is 21.5. The van der Waals surface area contributed by atoms with E-state index in [1.807, 2.05) is 0 Å². The molecule has 0 aromatic carbocycles. The predicted molar refractivity (Wildman–Crippen MR) is 53.6 cm³/mol. The van der Waals surface area contributed by atoms with Gasteiger partial charge in [-0.3, -0.25) is 14.9 Å². The number of hydrogen-bond acceptors (Lipinski definition) is 6. The van der Waals surface area contributed by atoms with Crippen LogP contribution in [0.15, 0.2) is 0 Å². The Hall–Kier alpha value is -0.730. The summed E-state index contributed by atoms with van der Waals surface area (Å²) in [6.07, 6.45) is -7.24. The van der Waals surface area contributed by atoms with E-state index >= 15 is 0 Å². The second-order valence-electron chi connectivity index (χ2n) is 3.19. The SMILES string of the molecule is CC(=O)NC(=O)C(O)C(O)C(O)C(O)CCl. The number of imide groups is 1. The second-order valence-corrected chi connectivity index (χ2v) is 3.50. The summed E-state index contributed by atoms with van der Waals surface area (Å²) in [7, 11) is 0. The number of alkyl halides is 1. The van der Waals surface area contributed by atoms with E-state index in [2.05, 4.69) is 0 Å². The van der Waals surface area contributed by atoms with Gasteiger partial charge < -0.3 is 20.4 Å². The van der Waals surface area contributed by atoms with Gasteiger partial charge in [0, 0.05) is 6.92 Å². The molecule has 0 aliphatic carbocycles. The van der Waals surface area contributed by atoms with Crippen molar-refractivity contribution >= 4 is 23.4 Å². The normalized spacial score (nSPS) is 18.4. The fraction of sp³-hybridized carbons (Fsp3) is 0.750. The third kappa shape index (κ3) is 4.42. The molecule has 5 N–H and O–H groups in total. The lowest BCUT2D eigenvalue weighted by Crippen LogP contribution is -2.52. The lowest BCUT2D eigenvalue weighted by atomic mass is 10.0. The highest BCUT2D eigenvalue weighted by Crippen LogP contribution is 2.06. The minimum Gasteiger partial charge on any atom is -0.389 e. The molecule has 0 heterocycles. The van der Waals surface area contributed by atoms with Gasteiger partial charge in [0.15, 0.2) is 6.10 Å². The maximum atomic E-state index is 11.0. The van der Waals surface area contributed by atoms with Crippen LogP contribution in [-0.4, -0.2) is 62.5 Å². The van der Waals surface area contributed by atoms with Crippen LogP contribution >= 0.6 is 11.6 Å². The molecule has 0 aliphatic rings. The van der Waals surface area contributed by atoms with Gasteiger partial charge in [-0.25, -0.2) is 0 Å². The topological polar surface area (TPSA) is 127 Å². The smallest absolute Gasteiger partial charge is 0.258 e. The molecule has 4 unspecified atom stereocenters. The number of carbonyl (C=O) groups is 2. The van der Waals surface area contributed by atoms with Gasteiger partial charge in [0.2, 0.25) is 5.91 Å². The number of rotatable bonds is 5. The average molecular weight is 256 g/mol. The van der Waals surface area contributed by atoms with Gasteiger partial charge in [-0.15, -0.1) is 11.6 Å². The van der Waals surface area contributed by atoms with E-state index in [9.17, 15) is 24.9 Å². The van der Waals surface area contributed by atoms with Crippen molar-refractivity contribution in [1.29, 1.82) is 0 Å². The van der Waals surface area contributed by atoms with E-state index in [4.69, 9.17) is 16.7 Å². The zero-order chi connectivity index (χ0) is 12.9. The molecular formula is C8H14ClNO6. The maximum absolute atomic E-state index is 11.0. The van der Waals surface area contributed by atoms with Crippen molar-refractivity contribution in [1.82, 2.24) is 5.32 Å². The fourth-order valence-corrected chi connectivity index (χ4v) is 1.09. The monoisotopic (exact) mass is 255 g/mol. The van der Waals surface area contributed by atoms with E-state index in [0.717, 1.165) is 6.92 Å². The predicted octanol–water partition coefficient (Wildman–Crippen LogP) is -2.67. The molecule has 0 aromatic rings. The van der Waals surface area contributed by atoms with Gasteiger partial charge in [-0.05, 0) is 0 Å². The average Bonchev–Trinajstić information content (AvgIpc) is 2.23. The van der Waals surface area contributed by atoms with Crippen molar-refractivity contribution in [3.05, 3.63) is 0 Å². The Kier molecular flexibility index (Phi) is 6.46. The fourth-order valence-electron chi connectivity index (χ4n) is 0.908. The molecule has 0 spiro atoms. The van der Waals surface area contributed by atoms with Gasteiger partial charge in [-0.1, -0.05) is 0 Å². The van der Waals surface area contributed by atoms with E-state index in [1.165, 1.54) is 0 Å². The van der Waals surface area contributed by atoms with Crippen molar-refractivity contribution in [2.24, 2.45) is 0 Å². The summed E-state index contributed by atoms with van der Waals surface area (Å²) in [5.74, 6) is -2.26. The lowest BCUT2D eigenvalue weighted by molar-refractivity contribution is -0.148. The molecule has 0 fully saturated rings. The molecule has 0 saturated carbocycles. The van der Waals surface area contributed by atoms with Gasteiger partial charge in [0.05, 0.1) is 12.0 Å². The summed E-state index contributed by atoms with van der Waals surface area (Å²) in [5, 5.41) is 38.5. The Morgan fingerprint density at radius 1 is 1.19 bits per heavy atom. The first-order valence-electron chi connectivity index (χ1n) is 4.41. The van der Waals surface area contributed by atoms with Gasteiger partial charge in [-0.2, -0.15) is 0 Å². The standard InChI is InChI=1S/C8H14ClNO6/c1-3(11)10-8(16)7(15)6(14)5(13)4(12)2-9/h4-7,12-15H,2H2,1H3,(H,10,11,16). The summed E-state index contributed by atoms with van der Waals surface area (Å²) >= 11 is 5.20. The summed E-state index contributed by atoms with van der Waals surface area (Å²) in [6, 6.07) is 0. The van der Waals surface area contributed by atoms with E-state index in [1.54, 1.807) is 5.32 Å². The Morgan fingerprint density at radius 2 is 1.69 bits per heavy atom. The number of nitrogens with one attached hydrogen (secondary N) is 1. The highest BCUT2D eigenvalue weighted by Gasteiger charge is 2.34. The van der Waals surface area contributed by atoms with E-state index in [0.29, 0.717) is 0 Å². The number of carbonyl (C=O) groups excluding carboxylic acids is 2. The molecule has 8 heteroatoms. The van der Waals surface area contributed by atoms with Crippen LogP contribution in [0.3, 0.4) is 0 Å². The van der Waals surface area contributed by atoms with Crippen molar-refractivity contribution in [2.75, 3.05) is 5.88 Å². The number of halogens is 1. The van der Waals surface area contributed by atoms with Crippen LogP contribution in [0.25, 0.3) is 0 Å². The van der Waals surface area contributed by atoms with Crippen molar-refractivity contribution < 1.29 is 30.0 Å². The molecule has 0 bridgehead atoms. The van der Waals surface area contributed by atoms with Gasteiger partial charge in [0.1, 0.15) is 12.2 Å². The van der Waals surface area contributed by atoms with Crippen molar-refractivity contribution in [2.45, 2.75) is 31.3 Å². The van der Waals surface area contributed by atoms with Crippen LogP contribution < -0.4 is 5.32 Å². The van der Waals surface area contributed by atoms with Crippen LogP contribution in [0, 0.1) is 0 Å². The molecule has 94 valence electrons. The molecule has 0 aliphatic heterocycles. The molecular weight excluding hydrogens is 242 g/mol. The van der Waals surface area contributed by atoms with Gasteiger partial charge in [0.25, 0.3) is 5.91 Å². The second kappa shape index (κ2) is 6.77. The first-order valence-corrected chi connectivity index (χ1v) is 4.94. The summed E-state index contributed by atoms with van der Waals surface area (Å²) in [5.41, 5.74) is 0. The molecule has 0 rings (SSSR count). The van der Waals surface area contributed by atoms with Gasteiger partial charge >= 0.3 is 0 Å². The molecule has 16 heavy (non-hydrogen) atoms. The van der Waals surface area contributed by atoms with Crippen LogP contribution in [0.2, 0.25) is 0 Å². The minimum absolute atomic E-state index is 0.376. The van der Waals surface area contributed by atoms with Crippen LogP contribution in [-0.2, 0) is 9.59 Å². The first-order chi connectivity index (χ1) is 7.31. The quantitative estimate of drug-likeness (QED) is 0.341. The molecule has 0 radical (unpaired) electrons. The number of amides is 2. The first kappa shape index (κ1) is 15.3. The number of aliphatic hydroxyl groups excluding tert-OH is 4. The molecule has 0 aromatic heterocycles. The molecule has 0 saturated heterocycles. The highest BCUT2D eigenvalue weighted by atomic mass is 35.5. The van der Waals surface area contributed by atoms with Crippen LogP contribution in [0.1, 0.15) is 6.92 Å². The van der Waals surface area contributed by atoms with Crippen molar-refractivity contribution in [3.63, 3.8) is 0 Å². The molecule has 4 atom stereocenters. The van der Waals surface area contributed by atoms with Crippen molar-refractivity contribution in [3.8, 4) is 0 Å². The lowest BCUT2D eigenvalue weighted by Gasteiger charge is -2.24. The highest BCUT2D eigenvalue weighted by molar-refractivity contribution is 6.18. The third-order valence-electron chi connectivity index (χ3n) is 1.79. The zero-order valence-electron chi connectivity index (χ0n) is 8.50. The molecule has 7 nitrogen and oxygen atoms in total. The van der Waals surface area contributed by atoms with E-state index in [-0.39, 0.29) is 5.88 Å². The Morgan fingerprint density at radius 3 is 2.06 bits per heavy atom. The molecule has 2 amide bonds. The number of hydrogen-bond donors (Lipinski definition) is 5. The summed E-state index contributed by atoms with van der Waals surface area (Å²) in [6.45, 7) is 1.04. The number of aliphatic hydroxyl groups is 4. The third-order valence-corrected chi connectivity index (χ3v) is 2.11. The minimum atomic E-state index is -2.03. The van der Waals surface area contributed by atoms with E-state index < -0.39 is 36.2 Å². The zero-order valence-corrected chi connectivity index (χ0v) is 9.26. The Labute approximate surface area is 96.6 Å². The Bertz CT molecular complexity index is 261. The summed E-state index contributed by atoms with van der Waals surface area (Å²) < 4.78 is 0. The Balaban J connectivity index is 4.42.